The molecule has 1 unspecified atom stereocenters. The third-order valence-electron chi connectivity index (χ3n) is 3.12. The highest BCUT2D eigenvalue weighted by Gasteiger charge is 2.23. The van der Waals surface area contributed by atoms with Gasteiger partial charge in [0.2, 0.25) is 0 Å². The number of amides is 1. The molecule has 1 aromatic rings. The van der Waals surface area contributed by atoms with Crippen LogP contribution in [0.25, 0.3) is 0 Å². The third kappa shape index (κ3) is 2.88. The van der Waals surface area contributed by atoms with Crippen LogP contribution in [0.5, 0.6) is 0 Å². The van der Waals surface area contributed by atoms with Gasteiger partial charge < -0.3 is 5.11 Å². The fraction of sp³-hybridized carbons (Fsp3) is 0.231. The van der Waals surface area contributed by atoms with Gasteiger partial charge in [-0.3, -0.25) is 4.79 Å². The fourth-order valence-corrected chi connectivity index (χ4v) is 3.03. The van der Waals surface area contributed by atoms with Crippen molar-refractivity contribution < 1.29 is 23.1 Å². The molecule has 0 saturated heterocycles. The molecule has 0 fully saturated rings. The molecule has 20 heavy (non-hydrogen) atoms. The average molecular weight is 295 g/mol. The number of nitrogens with one attached hydrogen (secondary N) is 1. The second-order valence-corrected chi connectivity index (χ2v) is 6.25. The summed E-state index contributed by atoms with van der Waals surface area (Å²) in [7, 11) is -4.10. The van der Waals surface area contributed by atoms with Crippen molar-refractivity contribution in [1.82, 2.24) is 4.72 Å². The number of carbonyl (C=O) groups is 2. The van der Waals surface area contributed by atoms with E-state index in [1.165, 1.54) is 22.9 Å². The van der Waals surface area contributed by atoms with Crippen molar-refractivity contribution in [2.45, 2.75) is 24.2 Å². The van der Waals surface area contributed by atoms with Gasteiger partial charge in [-0.25, -0.2) is 17.9 Å². The molecule has 1 aliphatic rings. The topological polar surface area (TPSA) is 101 Å². The van der Waals surface area contributed by atoms with Gasteiger partial charge in [-0.1, -0.05) is 12.1 Å². The molecule has 1 amide bonds. The summed E-state index contributed by atoms with van der Waals surface area (Å²) in [6, 6.07) is 4.35. The molecular weight excluding hydrogens is 282 g/mol. The van der Waals surface area contributed by atoms with Crippen molar-refractivity contribution in [3.63, 3.8) is 0 Å². The summed E-state index contributed by atoms with van der Waals surface area (Å²) in [4.78, 5) is 21.6. The maximum absolute atomic E-state index is 11.8. The van der Waals surface area contributed by atoms with E-state index in [-0.39, 0.29) is 16.6 Å². The van der Waals surface area contributed by atoms with Crippen LogP contribution >= 0.6 is 0 Å². The Kier molecular flexibility index (Phi) is 3.63. The molecule has 0 bridgehead atoms. The molecular formula is C13H13NO5S. The van der Waals surface area contributed by atoms with E-state index >= 15 is 0 Å². The number of benzene rings is 1. The van der Waals surface area contributed by atoms with Crippen molar-refractivity contribution in [2.24, 2.45) is 0 Å². The van der Waals surface area contributed by atoms with Crippen molar-refractivity contribution in [3.05, 3.63) is 41.5 Å². The highest BCUT2D eigenvalue weighted by atomic mass is 32.2. The average Bonchev–Trinajstić information content (AvgIpc) is 2.74. The molecule has 0 radical (unpaired) electrons. The van der Waals surface area contributed by atoms with Gasteiger partial charge in [-0.05, 0) is 36.3 Å². The quantitative estimate of drug-likeness (QED) is 0.881. The predicted molar refractivity (Wildman–Crippen MR) is 71.0 cm³/mol. The monoisotopic (exact) mass is 295 g/mol. The smallest absolute Gasteiger partial charge is 0.418 e. The molecule has 0 heterocycles. The van der Waals surface area contributed by atoms with Crippen LogP contribution in [0.4, 0.5) is 4.79 Å². The first-order valence-corrected chi connectivity index (χ1v) is 7.35. The van der Waals surface area contributed by atoms with Crippen molar-refractivity contribution in [1.29, 1.82) is 0 Å². The number of allylic oxidation sites excluding steroid dienone is 2. The van der Waals surface area contributed by atoms with Crippen molar-refractivity contribution in [3.8, 4) is 0 Å². The van der Waals surface area contributed by atoms with Crippen LogP contribution in [0.15, 0.2) is 35.2 Å². The van der Waals surface area contributed by atoms with Crippen molar-refractivity contribution in [2.75, 3.05) is 0 Å². The maximum atomic E-state index is 11.8. The van der Waals surface area contributed by atoms with Gasteiger partial charge in [0.05, 0.1) is 4.90 Å². The van der Waals surface area contributed by atoms with Crippen LogP contribution in [0.2, 0.25) is 0 Å². The highest BCUT2D eigenvalue weighted by molar-refractivity contribution is 7.90. The Morgan fingerprint density at radius 2 is 2.10 bits per heavy atom. The summed E-state index contributed by atoms with van der Waals surface area (Å²) in [5.41, 5.74) is 1.56. The van der Waals surface area contributed by atoms with Gasteiger partial charge in [0, 0.05) is 12.3 Å². The Bertz CT molecular complexity index is 705. The molecule has 6 nitrogen and oxygen atoms in total. The Hall–Kier alpha value is -2.15. The van der Waals surface area contributed by atoms with Crippen molar-refractivity contribution >= 4 is 21.9 Å². The summed E-state index contributed by atoms with van der Waals surface area (Å²) in [6.07, 6.45) is 1.87. The summed E-state index contributed by atoms with van der Waals surface area (Å²) in [6.45, 7) is 1.81. The third-order valence-corrected chi connectivity index (χ3v) is 4.44. The number of ketones is 1. The highest BCUT2D eigenvalue weighted by Crippen LogP contribution is 2.30. The van der Waals surface area contributed by atoms with E-state index in [2.05, 4.69) is 0 Å². The first kappa shape index (κ1) is 14.3. The lowest BCUT2D eigenvalue weighted by Gasteiger charge is -2.13. The Morgan fingerprint density at radius 1 is 1.40 bits per heavy atom. The molecule has 0 spiro atoms. The number of carbonyl (C=O) groups excluding carboxylic acids is 1. The maximum Gasteiger partial charge on any atom is 0.418 e. The second-order valence-electron chi connectivity index (χ2n) is 4.57. The van der Waals surface area contributed by atoms with E-state index < -0.39 is 16.1 Å². The van der Waals surface area contributed by atoms with Crippen LogP contribution in [0.3, 0.4) is 0 Å². The molecule has 1 aromatic carbocycles. The van der Waals surface area contributed by atoms with E-state index in [1.54, 1.807) is 12.1 Å². The number of aryl methyl sites for hydroxylation is 1. The first-order valence-electron chi connectivity index (χ1n) is 5.87. The standard InChI is InChI=1S/C13H13NO5S/c1-8-2-5-11(20(18,19)14-13(16)17)7-12(8)9-3-4-10(15)6-9/h2-5,7,9,14H,6H2,1H3,(H,16,17). The molecule has 0 aliphatic heterocycles. The normalized spacial score (nSPS) is 18.2. The van der Waals surface area contributed by atoms with Crippen LogP contribution in [-0.4, -0.2) is 25.4 Å². The molecule has 1 atom stereocenters. The number of carboxylic acid groups (broad SMARTS) is 1. The van der Waals surface area contributed by atoms with Gasteiger partial charge in [-0.15, -0.1) is 0 Å². The molecule has 2 N–H and O–H groups in total. The van der Waals surface area contributed by atoms with Gasteiger partial charge in [-0.2, -0.15) is 0 Å². The minimum atomic E-state index is -4.10. The lowest BCUT2D eigenvalue weighted by molar-refractivity contribution is -0.114. The number of rotatable bonds is 3. The number of hydrogen-bond acceptors (Lipinski definition) is 4. The second kappa shape index (κ2) is 5.09. The van der Waals surface area contributed by atoms with E-state index in [1.807, 2.05) is 6.92 Å². The van der Waals surface area contributed by atoms with E-state index in [9.17, 15) is 18.0 Å². The minimum absolute atomic E-state index is 0.00804. The molecule has 0 saturated carbocycles. The van der Waals surface area contributed by atoms with Gasteiger partial charge in [0.1, 0.15) is 0 Å². The molecule has 0 aromatic heterocycles. The Labute approximate surface area is 116 Å². The van der Waals surface area contributed by atoms with Crippen LogP contribution < -0.4 is 4.72 Å². The van der Waals surface area contributed by atoms with E-state index in [4.69, 9.17) is 5.11 Å². The SMILES string of the molecule is Cc1ccc(S(=O)(=O)NC(=O)O)cc1C1C=CC(=O)C1. The summed E-state index contributed by atoms with van der Waals surface area (Å²) >= 11 is 0. The van der Waals surface area contributed by atoms with E-state index in [0.717, 1.165) is 5.56 Å². The largest absolute Gasteiger partial charge is 0.464 e. The zero-order chi connectivity index (χ0) is 14.9. The molecule has 2 rings (SSSR count). The zero-order valence-electron chi connectivity index (χ0n) is 10.7. The van der Waals surface area contributed by atoms with Crippen LogP contribution in [0.1, 0.15) is 23.5 Å². The van der Waals surface area contributed by atoms with Gasteiger partial charge in [0.15, 0.2) is 5.78 Å². The van der Waals surface area contributed by atoms with Crippen LogP contribution in [0, 0.1) is 6.92 Å². The predicted octanol–water partition coefficient (Wildman–Crippen LogP) is 1.56. The van der Waals surface area contributed by atoms with Crippen LogP contribution in [-0.2, 0) is 14.8 Å². The summed E-state index contributed by atoms with van der Waals surface area (Å²) in [5.74, 6) is -0.172. The van der Waals surface area contributed by atoms with E-state index in [0.29, 0.717) is 12.0 Å². The van der Waals surface area contributed by atoms with Gasteiger partial charge >= 0.3 is 6.09 Å². The molecule has 1 aliphatic carbocycles. The lowest BCUT2D eigenvalue weighted by atomic mass is 9.94. The number of sulfonamides is 1. The minimum Gasteiger partial charge on any atom is -0.464 e. The van der Waals surface area contributed by atoms with Gasteiger partial charge in [0.25, 0.3) is 10.0 Å². The molecule has 7 heteroatoms. The fourth-order valence-electron chi connectivity index (χ4n) is 2.15. The lowest BCUT2D eigenvalue weighted by Crippen LogP contribution is -2.29. The first-order chi connectivity index (χ1) is 9.29. The Balaban J connectivity index is 2.41. The number of hydrogen-bond donors (Lipinski definition) is 2. The summed E-state index contributed by atoms with van der Waals surface area (Å²) in [5, 5.41) is 8.53. The summed E-state index contributed by atoms with van der Waals surface area (Å²) < 4.78 is 25.1. The Morgan fingerprint density at radius 3 is 2.65 bits per heavy atom. The zero-order valence-corrected chi connectivity index (χ0v) is 11.5. The molecule has 106 valence electrons.